The number of hydrogen-bond donors (Lipinski definition) is 1. The number of benzene rings is 1. The largest absolute Gasteiger partial charge is 0.385 e. The van der Waals surface area contributed by atoms with E-state index in [1.165, 1.54) is 28.9 Å². The van der Waals surface area contributed by atoms with Gasteiger partial charge in [0, 0.05) is 24.6 Å². The molecule has 0 fully saturated rings. The zero-order valence-corrected chi connectivity index (χ0v) is 13.9. The fourth-order valence-electron chi connectivity index (χ4n) is 2.78. The molecule has 1 N–H and O–H groups in total. The quantitative estimate of drug-likeness (QED) is 0.655. The summed E-state index contributed by atoms with van der Waals surface area (Å²) in [5, 5.41) is 12.8. The summed E-state index contributed by atoms with van der Waals surface area (Å²) in [7, 11) is 0. The monoisotopic (exact) mass is 318 g/mol. The van der Waals surface area contributed by atoms with E-state index in [0.29, 0.717) is 0 Å². The van der Waals surface area contributed by atoms with Crippen LogP contribution in [0, 0.1) is 6.92 Å². The third-order valence-corrected chi connectivity index (χ3v) is 4.75. The van der Waals surface area contributed by atoms with Crippen LogP contribution in [-0.2, 0) is 11.2 Å². The first-order valence-corrected chi connectivity index (χ1v) is 8.77. The average Bonchev–Trinajstić information content (AvgIpc) is 3.00. The van der Waals surface area contributed by atoms with Gasteiger partial charge in [-0.05, 0) is 43.9 Å². The van der Waals surface area contributed by atoms with Gasteiger partial charge in [0.1, 0.15) is 6.33 Å². The molecular formula is C16H22N4OS. The number of aromatic nitrogens is 3. The number of anilines is 1. The predicted molar refractivity (Wildman–Crippen MR) is 90.1 cm³/mol. The molecule has 0 unspecified atom stereocenters. The van der Waals surface area contributed by atoms with E-state index in [2.05, 4.69) is 39.1 Å². The Morgan fingerprint density at radius 1 is 1.41 bits per heavy atom. The molecular weight excluding hydrogens is 296 g/mol. The Balaban J connectivity index is 1.87. The number of thioether (sulfide) groups is 1. The Labute approximate surface area is 135 Å². The highest BCUT2D eigenvalue weighted by Gasteiger charge is 2.18. The van der Waals surface area contributed by atoms with Crippen molar-refractivity contribution in [2.45, 2.75) is 31.8 Å². The third kappa shape index (κ3) is 3.13. The van der Waals surface area contributed by atoms with Crippen LogP contribution in [0.5, 0.6) is 0 Å². The zero-order valence-electron chi connectivity index (χ0n) is 13.1. The molecule has 1 aliphatic rings. The second-order valence-electron chi connectivity index (χ2n) is 5.31. The van der Waals surface area contributed by atoms with E-state index < -0.39 is 0 Å². The first-order valence-electron chi connectivity index (χ1n) is 7.78. The summed E-state index contributed by atoms with van der Waals surface area (Å²) >= 11 is 1.69. The van der Waals surface area contributed by atoms with E-state index in [1.807, 2.05) is 13.3 Å². The van der Waals surface area contributed by atoms with Gasteiger partial charge in [0.2, 0.25) is 0 Å². The van der Waals surface area contributed by atoms with E-state index in [1.54, 1.807) is 11.8 Å². The summed E-state index contributed by atoms with van der Waals surface area (Å²) in [6.07, 6.45) is 4.07. The minimum Gasteiger partial charge on any atom is -0.385 e. The highest BCUT2D eigenvalue weighted by atomic mass is 32.2. The normalized spacial score (nSPS) is 13.7. The van der Waals surface area contributed by atoms with Gasteiger partial charge in [0.25, 0.3) is 0 Å². The maximum atomic E-state index is 5.40. The van der Waals surface area contributed by atoms with Crippen LogP contribution in [0.1, 0.15) is 24.5 Å². The van der Waals surface area contributed by atoms with Crippen LogP contribution in [0.4, 0.5) is 5.69 Å². The second kappa shape index (κ2) is 7.15. The lowest BCUT2D eigenvalue weighted by Gasteiger charge is -2.23. The van der Waals surface area contributed by atoms with Crippen molar-refractivity contribution in [2.24, 2.45) is 0 Å². The van der Waals surface area contributed by atoms with E-state index in [0.717, 1.165) is 37.1 Å². The Morgan fingerprint density at radius 3 is 3.18 bits per heavy atom. The smallest absolute Gasteiger partial charge is 0.195 e. The number of aryl methyl sites for hydroxylation is 1. The number of ether oxygens (including phenoxy) is 1. The lowest BCUT2D eigenvalue weighted by Crippen LogP contribution is -2.15. The van der Waals surface area contributed by atoms with Gasteiger partial charge in [-0.25, -0.2) is 0 Å². The number of hydrogen-bond acceptors (Lipinski definition) is 5. The Kier molecular flexibility index (Phi) is 5.00. The van der Waals surface area contributed by atoms with Crippen molar-refractivity contribution in [3.63, 3.8) is 0 Å². The molecule has 0 amide bonds. The molecule has 3 rings (SSSR count). The highest BCUT2D eigenvalue weighted by molar-refractivity contribution is 7.99. The molecule has 6 heteroatoms. The standard InChI is InChI=1S/C16H22N4OS/c1-3-21-9-10-22-16-19-18-11-20(16)14-7-6-12(2)15-13(14)5-4-8-17-15/h6-7,11,17H,3-5,8-10H2,1-2H3. The van der Waals surface area contributed by atoms with Gasteiger partial charge >= 0.3 is 0 Å². The summed E-state index contributed by atoms with van der Waals surface area (Å²) in [4.78, 5) is 0. The summed E-state index contributed by atoms with van der Waals surface area (Å²) in [5.41, 5.74) is 5.15. The Bertz CT molecular complexity index is 641. The van der Waals surface area contributed by atoms with Crippen molar-refractivity contribution < 1.29 is 4.74 Å². The van der Waals surface area contributed by atoms with Gasteiger partial charge in [-0.1, -0.05) is 17.8 Å². The number of nitrogens with one attached hydrogen (secondary N) is 1. The molecule has 2 heterocycles. The minimum absolute atomic E-state index is 0.738. The van der Waals surface area contributed by atoms with E-state index in [-0.39, 0.29) is 0 Å². The number of rotatable bonds is 6. The molecule has 0 aliphatic carbocycles. The molecule has 0 bridgehead atoms. The second-order valence-corrected chi connectivity index (χ2v) is 6.38. The van der Waals surface area contributed by atoms with Gasteiger partial charge in [-0.3, -0.25) is 4.57 Å². The molecule has 22 heavy (non-hydrogen) atoms. The van der Waals surface area contributed by atoms with E-state index in [4.69, 9.17) is 4.74 Å². The molecule has 118 valence electrons. The Hall–Kier alpha value is -1.53. The highest BCUT2D eigenvalue weighted by Crippen LogP contribution is 2.32. The first kappa shape index (κ1) is 15.4. The van der Waals surface area contributed by atoms with E-state index >= 15 is 0 Å². The molecule has 0 atom stereocenters. The van der Waals surface area contributed by atoms with Crippen LogP contribution in [0.25, 0.3) is 5.69 Å². The third-order valence-electron chi connectivity index (χ3n) is 3.84. The summed E-state index contributed by atoms with van der Waals surface area (Å²) in [5.74, 6) is 0.888. The summed E-state index contributed by atoms with van der Waals surface area (Å²) < 4.78 is 7.49. The molecule has 1 aromatic heterocycles. The molecule has 0 spiro atoms. The van der Waals surface area contributed by atoms with Gasteiger partial charge in [0.15, 0.2) is 5.16 Å². The minimum atomic E-state index is 0.738. The lowest BCUT2D eigenvalue weighted by molar-refractivity contribution is 0.164. The SMILES string of the molecule is CCOCCSc1nncn1-c1ccc(C)c2c1CCCN2. The molecule has 0 saturated carbocycles. The molecule has 1 aromatic carbocycles. The van der Waals surface area contributed by atoms with Crippen LogP contribution in [0.15, 0.2) is 23.6 Å². The van der Waals surface area contributed by atoms with Crippen molar-refractivity contribution in [3.8, 4) is 5.69 Å². The maximum Gasteiger partial charge on any atom is 0.195 e. The first-order chi connectivity index (χ1) is 10.8. The van der Waals surface area contributed by atoms with Gasteiger partial charge < -0.3 is 10.1 Å². The maximum absolute atomic E-state index is 5.40. The van der Waals surface area contributed by atoms with Crippen molar-refractivity contribution in [1.82, 2.24) is 14.8 Å². The molecule has 2 aromatic rings. The van der Waals surface area contributed by atoms with Crippen LogP contribution < -0.4 is 5.32 Å². The molecule has 5 nitrogen and oxygen atoms in total. The van der Waals surface area contributed by atoms with Crippen molar-refractivity contribution >= 4 is 17.4 Å². The van der Waals surface area contributed by atoms with Crippen molar-refractivity contribution in [2.75, 3.05) is 30.8 Å². The van der Waals surface area contributed by atoms with Crippen LogP contribution in [-0.4, -0.2) is 40.3 Å². The van der Waals surface area contributed by atoms with Gasteiger partial charge in [-0.15, -0.1) is 10.2 Å². The zero-order chi connectivity index (χ0) is 15.4. The summed E-state index contributed by atoms with van der Waals surface area (Å²) in [6.45, 7) is 6.71. The number of fused-ring (bicyclic) bond motifs is 1. The van der Waals surface area contributed by atoms with Crippen LogP contribution in [0.3, 0.4) is 0 Å². The fraction of sp³-hybridized carbons (Fsp3) is 0.500. The number of nitrogens with zero attached hydrogens (tertiary/aromatic N) is 3. The molecule has 0 radical (unpaired) electrons. The topological polar surface area (TPSA) is 52.0 Å². The fourth-order valence-corrected chi connectivity index (χ4v) is 3.55. The average molecular weight is 318 g/mol. The van der Waals surface area contributed by atoms with Gasteiger partial charge in [0.05, 0.1) is 12.3 Å². The molecule has 0 saturated heterocycles. The lowest BCUT2D eigenvalue weighted by atomic mass is 9.98. The van der Waals surface area contributed by atoms with Crippen LogP contribution >= 0.6 is 11.8 Å². The van der Waals surface area contributed by atoms with Crippen molar-refractivity contribution in [1.29, 1.82) is 0 Å². The summed E-state index contributed by atoms with van der Waals surface area (Å²) in [6, 6.07) is 4.35. The van der Waals surface area contributed by atoms with Crippen LogP contribution in [0.2, 0.25) is 0 Å². The molecule has 1 aliphatic heterocycles. The predicted octanol–water partition coefficient (Wildman–Crippen LogP) is 3.06. The Morgan fingerprint density at radius 2 is 2.32 bits per heavy atom. The van der Waals surface area contributed by atoms with Crippen molar-refractivity contribution in [3.05, 3.63) is 29.6 Å². The van der Waals surface area contributed by atoms with E-state index in [9.17, 15) is 0 Å². The van der Waals surface area contributed by atoms with Gasteiger partial charge in [-0.2, -0.15) is 0 Å².